The van der Waals surface area contributed by atoms with Gasteiger partial charge >= 0.3 is 0 Å². The monoisotopic (exact) mass is 454 g/mol. The van der Waals surface area contributed by atoms with E-state index in [1.165, 1.54) is 11.3 Å². The molecule has 0 unspecified atom stereocenters. The zero-order valence-electron chi connectivity index (χ0n) is 18.2. The molecule has 0 radical (unpaired) electrons. The molecule has 4 rings (SSSR count). The van der Waals surface area contributed by atoms with Gasteiger partial charge in [0.2, 0.25) is 16.2 Å². The predicted octanol–water partition coefficient (Wildman–Crippen LogP) is 2.27. The third-order valence-electron chi connectivity index (χ3n) is 5.25. The highest BCUT2D eigenvalue weighted by Gasteiger charge is 2.26. The van der Waals surface area contributed by atoms with Crippen molar-refractivity contribution < 1.29 is 9.53 Å². The molecule has 32 heavy (non-hydrogen) atoms. The van der Waals surface area contributed by atoms with Crippen molar-refractivity contribution in [2.45, 2.75) is 18.5 Å². The summed E-state index contributed by atoms with van der Waals surface area (Å²) in [6, 6.07) is 11.1. The van der Waals surface area contributed by atoms with Crippen LogP contribution in [0.5, 0.6) is 5.75 Å². The first-order valence-electron chi connectivity index (χ1n) is 10.3. The summed E-state index contributed by atoms with van der Waals surface area (Å²) in [6.07, 6.45) is 2.62. The zero-order chi connectivity index (χ0) is 22.5. The molecule has 2 aromatic heterocycles. The lowest BCUT2D eigenvalue weighted by molar-refractivity contribution is -0.120. The van der Waals surface area contributed by atoms with Crippen molar-refractivity contribution in [3.05, 3.63) is 48.2 Å². The second-order valence-corrected chi connectivity index (χ2v) is 8.68. The Kier molecular flexibility index (Phi) is 6.76. The summed E-state index contributed by atoms with van der Waals surface area (Å²) < 4.78 is 5.21. The number of amides is 1. The number of hydrogen-bond acceptors (Lipinski definition) is 10. The van der Waals surface area contributed by atoms with Crippen LogP contribution < -0.4 is 20.3 Å². The number of carbonyl (C=O) groups excluding carboxylic acids is 1. The van der Waals surface area contributed by atoms with Crippen LogP contribution in [0.4, 0.5) is 16.1 Å². The number of aromatic nitrogens is 4. The van der Waals surface area contributed by atoms with Crippen LogP contribution in [0.1, 0.15) is 18.0 Å². The van der Waals surface area contributed by atoms with Gasteiger partial charge < -0.3 is 15.0 Å². The second-order valence-electron chi connectivity index (χ2n) is 7.70. The predicted molar refractivity (Wildman–Crippen MR) is 124 cm³/mol. The Balaban J connectivity index is 1.36. The number of rotatable bonds is 8. The van der Waals surface area contributed by atoms with Gasteiger partial charge in [-0.25, -0.2) is 0 Å². The van der Waals surface area contributed by atoms with Crippen LogP contribution >= 0.6 is 11.3 Å². The smallest absolute Gasteiger partial charge is 0.248 e. The van der Waals surface area contributed by atoms with Gasteiger partial charge in [0.05, 0.1) is 7.11 Å². The molecule has 0 bridgehead atoms. The highest BCUT2D eigenvalue weighted by atomic mass is 32.1. The summed E-state index contributed by atoms with van der Waals surface area (Å²) in [5, 5.41) is 23.9. The van der Waals surface area contributed by atoms with Gasteiger partial charge in [-0.05, 0) is 50.3 Å². The van der Waals surface area contributed by atoms with Crippen molar-refractivity contribution in [3.63, 3.8) is 0 Å². The Morgan fingerprint density at radius 3 is 2.66 bits per heavy atom. The van der Waals surface area contributed by atoms with Crippen LogP contribution in [-0.2, 0) is 4.79 Å². The summed E-state index contributed by atoms with van der Waals surface area (Å²) in [4.78, 5) is 17.0. The van der Waals surface area contributed by atoms with Crippen LogP contribution in [0.25, 0.3) is 0 Å². The number of benzene rings is 1. The Labute approximate surface area is 190 Å². The van der Waals surface area contributed by atoms with E-state index >= 15 is 0 Å². The summed E-state index contributed by atoms with van der Waals surface area (Å²) in [5.74, 6) is 1.45. The van der Waals surface area contributed by atoms with Gasteiger partial charge in [0.25, 0.3) is 0 Å². The fourth-order valence-electron chi connectivity index (χ4n) is 3.70. The van der Waals surface area contributed by atoms with E-state index in [0.717, 1.165) is 36.6 Å². The first-order chi connectivity index (χ1) is 15.5. The van der Waals surface area contributed by atoms with E-state index in [2.05, 4.69) is 35.9 Å². The molecule has 1 aliphatic rings. The summed E-state index contributed by atoms with van der Waals surface area (Å²) in [5.41, 5.74) is 0.867. The fourth-order valence-corrected chi connectivity index (χ4v) is 4.42. The van der Waals surface area contributed by atoms with E-state index in [9.17, 15) is 4.79 Å². The number of ether oxygens (including phenoxy) is 1. The molecule has 3 heterocycles. The van der Waals surface area contributed by atoms with Crippen molar-refractivity contribution in [2.75, 3.05) is 49.8 Å². The van der Waals surface area contributed by atoms with E-state index in [0.29, 0.717) is 10.3 Å². The number of carbonyl (C=O) groups is 1. The van der Waals surface area contributed by atoms with E-state index in [4.69, 9.17) is 4.74 Å². The van der Waals surface area contributed by atoms with Crippen LogP contribution in [0, 0.1) is 0 Å². The molecule has 10 nitrogen and oxygen atoms in total. The normalized spacial score (nSPS) is 16.8. The molecular formula is C21H26N8O2S. The zero-order valence-corrected chi connectivity index (χ0v) is 19.0. The number of nitrogens with zero attached hydrogens (tertiary/aromatic N) is 6. The SMILES string of the molecule is COc1ccc([C@H](C(=O)Nc2nnc(N[C@@H]3CCN(c4cccnn4)C3)s2)N(C)C)cc1. The minimum atomic E-state index is -0.461. The third-order valence-corrected chi connectivity index (χ3v) is 6.02. The summed E-state index contributed by atoms with van der Waals surface area (Å²) in [6.45, 7) is 1.70. The topological polar surface area (TPSA) is 108 Å². The van der Waals surface area contributed by atoms with Gasteiger partial charge in [-0.15, -0.1) is 15.3 Å². The molecule has 2 N–H and O–H groups in total. The van der Waals surface area contributed by atoms with Crippen LogP contribution in [0.2, 0.25) is 0 Å². The molecule has 1 aliphatic heterocycles. The first kappa shape index (κ1) is 21.9. The Morgan fingerprint density at radius 2 is 1.97 bits per heavy atom. The highest BCUT2D eigenvalue weighted by molar-refractivity contribution is 7.19. The van der Waals surface area contributed by atoms with Gasteiger partial charge in [0.1, 0.15) is 11.8 Å². The number of hydrogen-bond donors (Lipinski definition) is 2. The fraction of sp³-hybridized carbons (Fsp3) is 0.381. The molecule has 0 aliphatic carbocycles. The standard InChI is InChI=1S/C21H26N8O2S/c1-28(2)18(14-6-8-16(31-3)9-7-14)19(30)24-21-27-26-20(32-21)23-15-10-12-29(13-15)17-5-4-11-22-25-17/h4-9,11,15,18H,10,12-13H2,1-3H3,(H,23,26)(H,24,27,30)/t15-,18-/m1/s1. The Bertz CT molecular complexity index is 1030. The minimum absolute atomic E-state index is 0.169. The molecule has 2 atom stereocenters. The molecule has 1 amide bonds. The largest absolute Gasteiger partial charge is 0.497 e. The summed E-state index contributed by atoms with van der Waals surface area (Å²) in [7, 11) is 5.35. The summed E-state index contributed by atoms with van der Waals surface area (Å²) >= 11 is 1.33. The van der Waals surface area contributed by atoms with E-state index in [1.54, 1.807) is 13.3 Å². The molecule has 1 saturated heterocycles. The quantitative estimate of drug-likeness (QED) is 0.530. The molecule has 0 saturated carbocycles. The molecule has 0 spiro atoms. The number of anilines is 3. The molecular weight excluding hydrogens is 428 g/mol. The minimum Gasteiger partial charge on any atom is -0.497 e. The average molecular weight is 455 g/mol. The van der Waals surface area contributed by atoms with Gasteiger partial charge in [0.15, 0.2) is 5.82 Å². The van der Waals surface area contributed by atoms with Crippen LogP contribution in [0.3, 0.4) is 0 Å². The second kappa shape index (κ2) is 9.88. The molecule has 11 heteroatoms. The molecule has 1 fully saturated rings. The average Bonchev–Trinajstić information content (AvgIpc) is 3.44. The van der Waals surface area contributed by atoms with Gasteiger partial charge in [-0.2, -0.15) is 5.10 Å². The lowest BCUT2D eigenvalue weighted by Gasteiger charge is -2.23. The number of nitrogens with one attached hydrogen (secondary N) is 2. The molecule has 1 aromatic carbocycles. The highest BCUT2D eigenvalue weighted by Crippen LogP contribution is 2.27. The van der Waals surface area contributed by atoms with Crippen molar-refractivity contribution in [2.24, 2.45) is 0 Å². The molecule has 3 aromatic rings. The van der Waals surface area contributed by atoms with Gasteiger partial charge in [-0.3, -0.25) is 15.0 Å². The van der Waals surface area contributed by atoms with E-state index in [1.807, 2.05) is 55.4 Å². The van der Waals surface area contributed by atoms with Crippen molar-refractivity contribution in [1.82, 2.24) is 25.3 Å². The lowest BCUT2D eigenvalue weighted by atomic mass is 10.1. The maximum atomic E-state index is 13.0. The van der Waals surface area contributed by atoms with Crippen LogP contribution in [-0.4, -0.2) is 71.5 Å². The maximum absolute atomic E-state index is 13.0. The van der Waals surface area contributed by atoms with E-state index < -0.39 is 6.04 Å². The van der Waals surface area contributed by atoms with E-state index in [-0.39, 0.29) is 11.9 Å². The number of likely N-dealkylation sites (N-methyl/N-ethyl adjacent to an activating group) is 1. The number of methoxy groups -OCH3 is 1. The van der Waals surface area contributed by atoms with Crippen LogP contribution in [0.15, 0.2) is 42.6 Å². The Morgan fingerprint density at radius 1 is 1.19 bits per heavy atom. The van der Waals surface area contributed by atoms with Gasteiger partial charge in [-0.1, -0.05) is 23.5 Å². The third kappa shape index (κ3) is 5.11. The van der Waals surface area contributed by atoms with Crippen molar-refractivity contribution in [1.29, 1.82) is 0 Å². The Hall–Kier alpha value is -3.31. The van der Waals surface area contributed by atoms with Gasteiger partial charge in [0, 0.05) is 25.3 Å². The first-order valence-corrected chi connectivity index (χ1v) is 11.1. The molecule has 168 valence electrons. The maximum Gasteiger partial charge on any atom is 0.248 e. The lowest BCUT2D eigenvalue weighted by Crippen LogP contribution is -2.32. The van der Waals surface area contributed by atoms with Crippen molar-refractivity contribution in [3.8, 4) is 5.75 Å². The van der Waals surface area contributed by atoms with Crippen molar-refractivity contribution >= 4 is 33.3 Å².